The molecule has 1 aromatic carbocycles. The van der Waals surface area contributed by atoms with Crippen LogP contribution in [0.1, 0.15) is 0 Å². The molecule has 8 heteroatoms. The first-order valence-corrected chi connectivity index (χ1v) is 5.26. The van der Waals surface area contributed by atoms with Gasteiger partial charge in [-0.05, 0) is 12.1 Å². The Balaban J connectivity index is 2.00. The molecular formula is C10H10BN5O2. The summed E-state index contributed by atoms with van der Waals surface area (Å²) in [5, 5.41) is 0. The molecule has 0 amide bonds. The predicted molar refractivity (Wildman–Crippen MR) is 68.4 cm³/mol. The van der Waals surface area contributed by atoms with E-state index < -0.39 is 7.12 Å². The lowest BCUT2D eigenvalue weighted by molar-refractivity contribution is 0.517. The van der Waals surface area contributed by atoms with Gasteiger partial charge in [0.05, 0.1) is 5.69 Å². The van der Waals surface area contributed by atoms with E-state index >= 15 is 0 Å². The van der Waals surface area contributed by atoms with Gasteiger partial charge >= 0.3 is 7.12 Å². The van der Waals surface area contributed by atoms with Crippen LogP contribution in [0.2, 0.25) is 0 Å². The predicted octanol–water partition coefficient (Wildman–Crippen LogP) is -0.610. The van der Waals surface area contributed by atoms with Crippen molar-refractivity contribution in [1.82, 2.24) is 9.97 Å². The molecule has 6 N–H and O–H groups in total. The molecule has 0 unspecified atom stereocenters. The molecule has 1 aliphatic rings. The standard InChI is InChI=1S/C10H10BN5O2/c12-7-8(15-10(14)16-9(7)13)11-17-5-3-1-2-4-6(5)18-11/h1-4H,12H2,(H4,13,14,15,16). The molecule has 0 bridgehead atoms. The SMILES string of the molecule is Nc1nc(N)c(N)c(B2Oc3ccccc3O2)n1. The number of nitrogen functional groups attached to an aromatic ring is 3. The van der Waals surface area contributed by atoms with E-state index in [9.17, 15) is 0 Å². The van der Waals surface area contributed by atoms with E-state index in [2.05, 4.69) is 9.97 Å². The minimum atomic E-state index is -0.755. The Labute approximate surface area is 103 Å². The third-order valence-electron chi connectivity index (χ3n) is 2.56. The summed E-state index contributed by atoms with van der Waals surface area (Å²) in [4.78, 5) is 7.77. The van der Waals surface area contributed by atoms with E-state index in [4.69, 9.17) is 26.5 Å². The van der Waals surface area contributed by atoms with Crippen molar-refractivity contribution in [2.45, 2.75) is 0 Å². The number of aromatic nitrogens is 2. The first kappa shape index (κ1) is 10.5. The molecule has 0 radical (unpaired) electrons. The van der Waals surface area contributed by atoms with E-state index in [1.807, 2.05) is 12.1 Å². The quantitative estimate of drug-likeness (QED) is 0.571. The summed E-state index contributed by atoms with van der Waals surface area (Å²) in [5.74, 6) is 1.39. The molecule has 0 saturated heterocycles. The van der Waals surface area contributed by atoms with E-state index in [1.54, 1.807) is 12.1 Å². The van der Waals surface area contributed by atoms with Gasteiger partial charge in [0.2, 0.25) is 5.95 Å². The van der Waals surface area contributed by atoms with Crippen LogP contribution in [-0.4, -0.2) is 17.1 Å². The van der Waals surface area contributed by atoms with E-state index in [1.165, 1.54) is 0 Å². The summed E-state index contributed by atoms with van der Waals surface area (Å²) in [7, 11) is -0.755. The van der Waals surface area contributed by atoms with Gasteiger partial charge in [-0.3, -0.25) is 0 Å². The normalized spacial score (nSPS) is 12.8. The fraction of sp³-hybridized carbons (Fsp3) is 0. The Morgan fingerprint density at radius 3 is 2.17 bits per heavy atom. The second-order valence-electron chi connectivity index (χ2n) is 3.78. The van der Waals surface area contributed by atoms with Crippen LogP contribution >= 0.6 is 0 Å². The highest BCUT2D eigenvalue weighted by Crippen LogP contribution is 2.32. The molecule has 0 fully saturated rings. The molecule has 2 aromatic rings. The first-order valence-electron chi connectivity index (χ1n) is 5.26. The fourth-order valence-electron chi connectivity index (χ4n) is 1.71. The van der Waals surface area contributed by atoms with Gasteiger partial charge in [0, 0.05) is 0 Å². The van der Waals surface area contributed by atoms with Gasteiger partial charge in [-0.25, -0.2) is 4.98 Å². The van der Waals surface area contributed by atoms with Crippen molar-refractivity contribution in [3.63, 3.8) is 0 Å². The third-order valence-corrected chi connectivity index (χ3v) is 2.56. The summed E-state index contributed by atoms with van der Waals surface area (Å²) in [5.41, 5.74) is 17.5. The van der Waals surface area contributed by atoms with E-state index in [0.717, 1.165) is 0 Å². The summed E-state index contributed by atoms with van der Waals surface area (Å²) in [6.07, 6.45) is 0. The van der Waals surface area contributed by atoms with Gasteiger partial charge in [0.25, 0.3) is 0 Å². The molecule has 1 aliphatic heterocycles. The number of hydrogen-bond donors (Lipinski definition) is 3. The van der Waals surface area contributed by atoms with Crippen molar-refractivity contribution in [2.75, 3.05) is 17.2 Å². The highest BCUT2D eigenvalue weighted by Gasteiger charge is 2.38. The molecule has 1 aromatic heterocycles. The lowest BCUT2D eigenvalue weighted by atomic mass is 9.83. The molecule has 0 spiro atoms. The van der Waals surface area contributed by atoms with Gasteiger partial charge in [-0.1, -0.05) is 12.1 Å². The summed E-state index contributed by atoms with van der Waals surface area (Å²) < 4.78 is 11.2. The van der Waals surface area contributed by atoms with Crippen LogP contribution in [0.4, 0.5) is 17.5 Å². The Morgan fingerprint density at radius 2 is 1.56 bits per heavy atom. The van der Waals surface area contributed by atoms with Gasteiger partial charge in [-0.2, -0.15) is 4.98 Å². The number of nitrogens with two attached hydrogens (primary N) is 3. The monoisotopic (exact) mass is 243 g/mol. The number of anilines is 3. The Hall–Kier alpha value is -2.64. The van der Waals surface area contributed by atoms with Crippen molar-refractivity contribution >= 4 is 30.2 Å². The van der Waals surface area contributed by atoms with Gasteiger partial charge < -0.3 is 26.5 Å². The minimum Gasteiger partial charge on any atom is -0.518 e. The van der Waals surface area contributed by atoms with Crippen molar-refractivity contribution in [3.05, 3.63) is 24.3 Å². The van der Waals surface area contributed by atoms with Crippen molar-refractivity contribution in [2.24, 2.45) is 0 Å². The maximum Gasteiger partial charge on any atom is 0.655 e. The summed E-state index contributed by atoms with van der Waals surface area (Å²) >= 11 is 0. The number of fused-ring (bicyclic) bond motifs is 1. The highest BCUT2D eigenvalue weighted by atomic mass is 16.6. The topological polar surface area (TPSA) is 122 Å². The molecule has 2 heterocycles. The van der Waals surface area contributed by atoms with Crippen LogP contribution in [0.3, 0.4) is 0 Å². The number of para-hydroxylation sites is 2. The maximum absolute atomic E-state index is 5.80. The van der Waals surface area contributed by atoms with Crippen molar-refractivity contribution in [3.8, 4) is 11.5 Å². The zero-order valence-electron chi connectivity index (χ0n) is 9.33. The van der Waals surface area contributed by atoms with E-state index in [0.29, 0.717) is 17.1 Å². The van der Waals surface area contributed by atoms with Gasteiger partial charge in [0.1, 0.15) is 17.1 Å². The third kappa shape index (κ3) is 1.55. The molecule has 3 rings (SSSR count). The second-order valence-corrected chi connectivity index (χ2v) is 3.78. The lowest BCUT2D eigenvalue weighted by Gasteiger charge is -2.09. The Kier molecular flexibility index (Phi) is 2.16. The van der Waals surface area contributed by atoms with Crippen LogP contribution in [0.15, 0.2) is 24.3 Å². The average molecular weight is 243 g/mol. The number of hydrogen-bond acceptors (Lipinski definition) is 7. The van der Waals surface area contributed by atoms with Crippen molar-refractivity contribution in [1.29, 1.82) is 0 Å². The summed E-state index contributed by atoms with van der Waals surface area (Å²) in [6, 6.07) is 7.27. The van der Waals surface area contributed by atoms with Gasteiger partial charge in [-0.15, -0.1) is 0 Å². The number of benzene rings is 1. The summed E-state index contributed by atoms with van der Waals surface area (Å²) in [6.45, 7) is 0. The zero-order valence-corrected chi connectivity index (χ0v) is 9.33. The average Bonchev–Trinajstić information content (AvgIpc) is 2.77. The maximum atomic E-state index is 5.80. The van der Waals surface area contributed by atoms with E-state index in [-0.39, 0.29) is 17.5 Å². The largest absolute Gasteiger partial charge is 0.655 e. The van der Waals surface area contributed by atoms with Crippen LogP contribution in [0, 0.1) is 0 Å². The highest BCUT2D eigenvalue weighted by molar-refractivity contribution is 6.64. The number of nitrogens with zero attached hydrogens (tertiary/aromatic N) is 2. The molecule has 0 aliphatic carbocycles. The minimum absolute atomic E-state index is 0.0276. The van der Waals surface area contributed by atoms with Crippen LogP contribution in [0.5, 0.6) is 11.5 Å². The Morgan fingerprint density at radius 1 is 0.944 bits per heavy atom. The van der Waals surface area contributed by atoms with Crippen LogP contribution in [0.25, 0.3) is 0 Å². The Bertz CT molecular complexity index is 596. The smallest absolute Gasteiger partial charge is 0.518 e. The first-order chi connectivity index (χ1) is 8.65. The van der Waals surface area contributed by atoms with Crippen molar-refractivity contribution < 1.29 is 9.31 Å². The second kappa shape index (κ2) is 3.69. The molecule has 0 atom stereocenters. The molecular weight excluding hydrogens is 233 g/mol. The van der Waals surface area contributed by atoms with Crippen LogP contribution in [-0.2, 0) is 0 Å². The van der Waals surface area contributed by atoms with Crippen LogP contribution < -0.4 is 32.1 Å². The molecule has 90 valence electrons. The fourth-order valence-corrected chi connectivity index (χ4v) is 1.71. The van der Waals surface area contributed by atoms with Gasteiger partial charge in [0.15, 0.2) is 5.82 Å². The molecule has 0 saturated carbocycles. The molecule has 7 nitrogen and oxygen atoms in total. The lowest BCUT2D eigenvalue weighted by Crippen LogP contribution is -2.43. The molecule has 18 heavy (non-hydrogen) atoms. The number of rotatable bonds is 1. The zero-order chi connectivity index (χ0) is 12.7.